The smallest absolute Gasteiger partial charge is 0.251 e. The number of rotatable bonds is 9. The molecule has 7 nitrogen and oxygen atoms in total. The van der Waals surface area contributed by atoms with Crippen LogP contribution in [0, 0.1) is 0 Å². The summed E-state index contributed by atoms with van der Waals surface area (Å²) in [7, 11) is 1.61. The van der Waals surface area contributed by atoms with Crippen LogP contribution in [-0.2, 0) is 6.54 Å². The molecule has 7 heteroatoms. The minimum absolute atomic E-state index is 0.236. The zero-order valence-corrected chi connectivity index (χ0v) is 16.7. The molecule has 0 saturated heterocycles. The molecule has 0 bridgehead atoms. The second-order valence-electron chi connectivity index (χ2n) is 6.12. The summed E-state index contributed by atoms with van der Waals surface area (Å²) in [5.41, 5.74) is 1.95. The third-order valence-corrected chi connectivity index (χ3v) is 4.15. The summed E-state index contributed by atoms with van der Waals surface area (Å²) in [6, 6.07) is 14.4. The van der Waals surface area contributed by atoms with E-state index in [9.17, 15) is 4.79 Å². The van der Waals surface area contributed by atoms with Gasteiger partial charge in [0, 0.05) is 17.2 Å². The van der Waals surface area contributed by atoms with Crippen molar-refractivity contribution in [3.63, 3.8) is 0 Å². The Morgan fingerprint density at radius 1 is 1.03 bits per heavy atom. The fraction of sp³-hybridized carbons (Fsp3) is 0.273. The van der Waals surface area contributed by atoms with E-state index in [2.05, 4.69) is 10.5 Å². The van der Waals surface area contributed by atoms with Crippen molar-refractivity contribution in [3.05, 3.63) is 59.8 Å². The van der Waals surface area contributed by atoms with Crippen molar-refractivity contribution >= 4 is 5.91 Å². The van der Waals surface area contributed by atoms with Crippen LogP contribution in [0.1, 0.15) is 29.9 Å². The van der Waals surface area contributed by atoms with Crippen molar-refractivity contribution in [2.24, 2.45) is 0 Å². The Labute approximate surface area is 169 Å². The number of hydrogen-bond acceptors (Lipinski definition) is 6. The van der Waals surface area contributed by atoms with E-state index in [1.54, 1.807) is 31.4 Å². The maximum Gasteiger partial charge on any atom is 0.251 e. The third kappa shape index (κ3) is 5.07. The second kappa shape index (κ2) is 9.64. The topological polar surface area (TPSA) is 82.8 Å². The van der Waals surface area contributed by atoms with Crippen LogP contribution in [0.4, 0.5) is 0 Å². The highest BCUT2D eigenvalue weighted by Crippen LogP contribution is 2.28. The molecule has 0 aliphatic heterocycles. The van der Waals surface area contributed by atoms with Crippen LogP contribution < -0.4 is 19.5 Å². The van der Waals surface area contributed by atoms with E-state index in [4.69, 9.17) is 18.7 Å². The van der Waals surface area contributed by atoms with Gasteiger partial charge in [0.2, 0.25) is 0 Å². The van der Waals surface area contributed by atoms with E-state index in [1.807, 2.05) is 38.1 Å². The summed E-state index contributed by atoms with van der Waals surface area (Å²) >= 11 is 0. The van der Waals surface area contributed by atoms with Crippen molar-refractivity contribution in [2.45, 2.75) is 20.4 Å². The van der Waals surface area contributed by atoms with Crippen molar-refractivity contribution in [3.8, 4) is 28.6 Å². The third-order valence-electron chi connectivity index (χ3n) is 4.15. The van der Waals surface area contributed by atoms with E-state index in [-0.39, 0.29) is 12.5 Å². The Kier molecular flexibility index (Phi) is 6.73. The molecular weight excluding hydrogens is 372 g/mol. The van der Waals surface area contributed by atoms with Gasteiger partial charge < -0.3 is 24.1 Å². The first-order chi connectivity index (χ1) is 14.1. The van der Waals surface area contributed by atoms with E-state index < -0.39 is 0 Å². The molecule has 1 aromatic heterocycles. The lowest BCUT2D eigenvalue weighted by molar-refractivity contribution is 0.0949. The summed E-state index contributed by atoms with van der Waals surface area (Å²) in [5.74, 6) is 2.26. The number of benzene rings is 2. The van der Waals surface area contributed by atoms with Gasteiger partial charge in [0.1, 0.15) is 11.4 Å². The van der Waals surface area contributed by atoms with Gasteiger partial charge in [-0.3, -0.25) is 4.79 Å². The molecule has 1 N–H and O–H groups in total. The van der Waals surface area contributed by atoms with Gasteiger partial charge in [0.05, 0.1) is 26.9 Å². The molecule has 1 heterocycles. The molecule has 0 spiro atoms. The van der Waals surface area contributed by atoms with Gasteiger partial charge in [0.15, 0.2) is 17.3 Å². The number of ether oxygens (including phenoxy) is 3. The SMILES string of the molecule is CCOc1ccc(C(=O)NCc2cc(-c3cccc(OC)c3)on2)cc1OCC. The fourth-order valence-corrected chi connectivity index (χ4v) is 2.77. The van der Waals surface area contributed by atoms with Gasteiger partial charge in [-0.15, -0.1) is 0 Å². The van der Waals surface area contributed by atoms with Gasteiger partial charge >= 0.3 is 0 Å². The number of carbonyl (C=O) groups is 1. The summed E-state index contributed by atoms with van der Waals surface area (Å²) in [6.07, 6.45) is 0. The summed E-state index contributed by atoms with van der Waals surface area (Å²) in [4.78, 5) is 12.5. The highest BCUT2D eigenvalue weighted by atomic mass is 16.5. The van der Waals surface area contributed by atoms with Crippen molar-refractivity contribution in [2.75, 3.05) is 20.3 Å². The Morgan fingerprint density at radius 3 is 2.59 bits per heavy atom. The van der Waals surface area contributed by atoms with Gasteiger partial charge in [-0.1, -0.05) is 17.3 Å². The fourth-order valence-electron chi connectivity index (χ4n) is 2.77. The van der Waals surface area contributed by atoms with Crippen LogP contribution in [0.2, 0.25) is 0 Å². The Balaban J connectivity index is 1.66. The lowest BCUT2D eigenvalue weighted by atomic mass is 10.1. The van der Waals surface area contributed by atoms with Crippen LogP contribution in [-0.4, -0.2) is 31.4 Å². The van der Waals surface area contributed by atoms with E-state index in [1.165, 1.54) is 0 Å². The predicted molar refractivity (Wildman–Crippen MR) is 108 cm³/mol. The molecule has 1 amide bonds. The average molecular weight is 396 g/mol. The number of methoxy groups -OCH3 is 1. The maximum atomic E-state index is 12.5. The minimum atomic E-state index is -0.236. The Morgan fingerprint density at radius 2 is 1.83 bits per heavy atom. The molecule has 0 saturated carbocycles. The molecule has 0 radical (unpaired) electrons. The summed E-state index contributed by atoms with van der Waals surface area (Å²) in [5, 5.41) is 6.86. The summed E-state index contributed by atoms with van der Waals surface area (Å²) in [6.45, 7) is 5.02. The molecular formula is C22H24N2O5. The zero-order valence-electron chi connectivity index (χ0n) is 16.7. The van der Waals surface area contributed by atoms with E-state index in [0.717, 1.165) is 11.3 Å². The highest BCUT2D eigenvalue weighted by Gasteiger charge is 2.13. The first-order valence-electron chi connectivity index (χ1n) is 9.42. The van der Waals surface area contributed by atoms with Crippen molar-refractivity contribution in [1.29, 1.82) is 0 Å². The largest absolute Gasteiger partial charge is 0.497 e. The monoisotopic (exact) mass is 396 g/mol. The molecule has 3 rings (SSSR count). The molecule has 2 aromatic carbocycles. The van der Waals surface area contributed by atoms with E-state index >= 15 is 0 Å². The molecule has 0 atom stereocenters. The Bertz CT molecular complexity index is 967. The number of carbonyl (C=O) groups excluding carboxylic acids is 1. The number of nitrogens with zero attached hydrogens (tertiary/aromatic N) is 1. The molecule has 29 heavy (non-hydrogen) atoms. The number of nitrogens with one attached hydrogen (secondary N) is 1. The first-order valence-corrected chi connectivity index (χ1v) is 9.42. The van der Waals surface area contributed by atoms with Gasteiger partial charge in [0.25, 0.3) is 5.91 Å². The average Bonchev–Trinajstić information content (AvgIpc) is 3.23. The van der Waals surface area contributed by atoms with Crippen LogP contribution in [0.5, 0.6) is 17.2 Å². The predicted octanol–water partition coefficient (Wildman–Crippen LogP) is 4.08. The highest BCUT2D eigenvalue weighted by molar-refractivity contribution is 5.94. The van der Waals surface area contributed by atoms with Crippen LogP contribution in [0.3, 0.4) is 0 Å². The molecule has 3 aromatic rings. The quantitative estimate of drug-likeness (QED) is 0.587. The maximum absolute atomic E-state index is 12.5. The molecule has 0 unspecified atom stereocenters. The lowest BCUT2D eigenvalue weighted by Crippen LogP contribution is -2.23. The van der Waals surface area contributed by atoms with Crippen molar-refractivity contribution < 1.29 is 23.5 Å². The van der Waals surface area contributed by atoms with Gasteiger partial charge in [-0.05, 0) is 44.2 Å². The molecule has 152 valence electrons. The lowest BCUT2D eigenvalue weighted by Gasteiger charge is -2.12. The molecule has 0 fully saturated rings. The van der Waals surface area contributed by atoms with Gasteiger partial charge in [-0.25, -0.2) is 0 Å². The minimum Gasteiger partial charge on any atom is -0.497 e. The standard InChI is InChI=1S/C22H24N2O5/c1-4-27-19-10-9-16(12-21(19)28-5-2)22(25)23-14-17-13-20(29-24-17)15-7-6-8-18(11-15)26-3/h6-13H,4-5,14H2,1-3H3,(H,23,25). The van der Waals surface area contributed by atoms with Crippen LogP contribution in [0.15, 0.2) is 53.1 Å². The number of amides is 1. The summed E-state index contributed by atoms with van der Waals surface area (Å²) < 4.78 is 21.7. The first kappa shape index (κ1) is 20.3. The molecule has 0 aliphatic carbocycles. The second-order valence-corrected chi connectivity index (χ2v) is 6.12. The number of hydrogen-bond donors (Lipinski definition) is 1. The van der Waals surface area contributed by atoms with E-state index in [0.29, 0.717) is 41.7 Å². The van der Waals surface area contributed by atoms with Crippen molar-refractivity contribution in [1.82, 2.24) is 10.5 Å². The zero-order chi connectivity index (χ0) is 20.6. The van der Waals surface area contributed by atoms with Crippen LogP contribution in [0.25, 0.3) is 11.3 Å². The molecule has 0 aliphatic rings. The normalized spacial score (nSPS) is 10.4. The van der Waals surface area contributed by atoms with Gasteiger partial charge in [-0.2, -0.15) is 0 Å². The Hall–Kier alpha value is -3.48. The number of aromatic nitrogens is 1. The van der Waals surface area contributed by atoms with Crippen LogP contribution >= 0.6 is 0 Å².